The molecule has 0 radical (unpaired) electrons. The van der Waals surface area contributed by atoms with Gasteiger partial charge in [0, 0.05) is 49.3 Å². The molecule has 288 valence electrons. The minimum absolute atomic E-state index is 0.636. The van der Waals surface area contributed by atoms with Gasteiger partial charge >= 0.3 is 0 Å². The van der Waals surface area contributed by atoms with Crippen LogP contribution in [0.25, 0.3) is 121 Å². The van der Waals surface area contributed by atoms with Crippen molar-refractivity contribution in [2.75, 3.05) is 0 Å². The molecule has 0 amide bonds. The van der Waals surface area contributed by atoms with Crippen molar-refractivity contribution in [2.24, 2.45) is 0 Å². The molecule has 0 fully saturated rings. The van der Waals surface area contributed by atoms with Gasteiger partial charge in [-0.05, 0) is 63.3 Å². The summed E-state index contributed by atoms with van der Waals surface area (Å²) in [5, 5.41) is 12.0. The molecule has 0 unspecified atom stereocenters. The number of aromatic nitrogens is 5. The third-order valence-electron chi connectivity index (χ3n) is 12.5. The van der Waals surface area contributed by atoms with Crippen LogP contribution >= 0.6 is 0 Å². The van der Waals surface area contributed by atoms with Crippen LogP contribution in [-0.4, -0.2) is 24.1 Å². The number of rotatable bonds is 5. The smallest absolute Gasteiger partial charge is 0.164 e. The van der Waals surface area contributed by atoms with Crippen LogP contribution in [0, 0.1) is 0 Å². The van der Waals surface area contributed by atoms with Gasteiger partial charge in [0.2, 0.25) is 0 Å². The lowest BCUT2D eigenvalue weighted by molar-refractivity contribution is 1.08. The zero-order chi connectivity index (χ0) is 40.7. The van der Waals surface area contributed by atoms with Crippen molar-refractivity contribution in [1.82, 2.24) is 24.1 Å². The molecule has 0 saturated heterocycles. The van der Waals surface area contributed by atoms with Gasteiger partial charge in [0.1, 0.15) is 0 Å². The number of para-hydroxylation sites is 1. The summed E-state index contributed by atoms with van der Waals surface area (Å²) in [4.78, 5) is 15.3. The van der Waals surface area contributed by atoms with Crippen molar-refractivity contribution in [3.8, 4) is 45.5 Å². The Morgan fingerprint density at radius 2 is 0.887 bits per heavy atom. The van der Waals surface area contributed by atoms with Crippen molar-refractivity contribution in [1.29, 1.82) is 0 Å². The average Bonchev–Trinajstić information content (AvgIpc) is 3.87. The van der Waals surface area contributed by atoms with Gasteiger partial charge in [-0.1, -0.05) is 176 Å². The minimum atomic E-state index is 0.636. The number of nitrogens with zero attached hydrogens (tertiary/aromatic N) is 5. The van der Waals surface area contributed by atoms with E-state index in [1.165, 1.54) is 54.1 Å². The molecule has 13 aromatic rings. The summed E-state index contributed by atoms with van der Waals surface area (Å²) in [5.74, 6) is 1.92. The first-order valence-corrected chi connectivity index (χ1v) is 21.0. The Labute approximate surface area is 356 Å². The predicted octanol–water partition coefficient (Wildman–Crippen LogP) is 14.5. The minimum Gasteiger partial charge on any atom is -0.309 e. The van der Waals surface area contributed by atoms with Crippen molar-refractivity contribution in [2.45, 2.75) is 0 Å². The molecule has 5 heteroatoms. The summed E-state index contributed by atoms with van der Waals surface area (Å²) in [5.41, 5.74) is 9.75. The van der Waals surface area contributed by atoms with Crippen LogP contribution in [0.5, 0.6) is 0 Å². The van der Waals surface area contributed by atoms with Crippen LogP contribution in [0.1, 0.15) is 0 Å². The molecule has 0 saturated carbocycles. The molecule has 5 nitrogen and oxygen atoms in total. The lowest BCUT2D eigenvalue weighted by Gasteiger charge is -2.14. The molecular weight excluding hydrogens is 755 g/mol. The van der Waals surface area contributed by atoms with E-state index in [1.54, 1.807) is 0 Å². The lowest BCUT2D eigenvalue weighted by Crippen LogP contribution is -2.01. The van der Waals surface area contributed by atoms with E-state index in [0.717, 1.165) is 49.9 Å². The van der Waals surface area contributed by atoms with Crippen molar-refractivity contribution < 1.29 is 0 Å². The van der Waals surface area contributed by atoms with Crippen LogP contribution in [0.3, 0.4) is 0 Å². The average molecular weight is 790 g/mol. The highest BCUT2D eigenvalue weighted by Crippen LogP contribution is 2.45. The summed E-state index contributed by atoms with van der Waals surface area (Å²) in [6.07, 6.45) is 0. The predicted molar refractivity (Wildman–Crippen MR) is 257 cm³/mol. The number of fused-ring (bicyclic) bond motifs is 11. The van der Waals surface area contributed by atoms with Crippen LogP contribution < -0.4 is 0 Å². The Morgan fingerprint density at radius 1 is 0.306 bits per heavy atom. The van der Waals surface area contributed by atoms with Crippen LogP contribution in [-0.2, 0) is 0 Å². The third kappa shape index (κ3) is 5.18. The number of hydrogen-bond acceptors (Lipinski definition) is 3. The van der Waals surface area contributed by atoms with E-state index in [4.69, 9.17) is 15.0 Å². The van der Waals surface area contributed by atoms with Gasteiger partial charge in [-0.2, -0.15) is 0 Å². The molecular formula is C57H35N5. The maximum Gasteiger partial charge on any atom is 0.164 e. The second-order valence-electron chi connectivity index (χ2n) is 16.0. The van der Waals surface area contributed by atoms with Crippen molar-refractivity contribution >= 4 is 75.9 Å². The van der Waals surface area contributed by atoms with E-state index in [0.29, 0.717) is 17.5 Å². The number of hydrogen-bond donors (Lipinski definition) is 0. The molecule has 0 N–H and O–H groups in total. The first kappa shape index (κ1) is 34.5. The SMILES string of the molecule is c1ccc(-c2nc(-c3ccccc3)nc(-c3cccc4c(-n5c6ccccc6c6c5ccc5c7c8ccccc8ccc7n(-c7ccc8ccccc8c7)c56)cccc34)n2)cc1. The fourth-order valence-electron chi connectivity index (χ4n) is 9.78. The van der Waals surface area contributed by atoms with Gasteiger partial charge < -0.3 is 9.13 Å². The maximum absolute atomic E-state index is 5.14. The lowest BCUT2D eigenvalue weighted by atomic mass is 10.0. The highest BCUT2D eigenvalue weighted by Gasteiger charge is 2.23. The molecule has 3 heterocycles. The molecule has 62 heavy (non-hydrogen) atoms. The van der Waals surface area contributed by atoms with E-state index in [9.17, 15) is 0 Å². The Kier molecular flexibility index (Phi) is 7.54. The van der Waals surface area contributed by atoms with Gasteiger partial charge in [-0.3, -0.25) is 0 Å². The zero-order valence-electron chi connectivity index (χ0n) is 33.4. The van der Waals surface area contributed by atoms with Gasteiger partial charge in [0.25, 0.3) is 0 Å². The summed E-state index contributed by atoms with van der Waals surface area (Å²) >= 11 is 0. The quantitative estimate of drug-likeness (QED) is 0.174. The molecule has 0 aliphatic rings. The van der Waals surface area contributed by atoms with Crippen molar-refractivity contribution in [3.05, 3.63) is 212 Å². The topological polar surface area (TPSA) is 48.5 Å². The number of benzene rings is 10. The van der Waals surface area contributed by atoms with E-state index >= 15 is 0 Å². The molecule has 0 aliphatic carbocycles. The molecule has 3 aromatic heterocycles. The fraction of sp³-hybridized carbons (Fsp3) is 0. The Balaban J connectivity index is 1.10. The standard InChI is InChI=1S/C57H35N5/c1-3-17-38(18-4-1)55-58-56(39-19-5-2-6-20-39)60-57(59-55)45-26-13-25-44-43(45)24-14-28-48(44)62-49-27-12-11-23-46(49)53-51(62)34-32-47-52-42-22-10-9-16-37(42)30-33-50(52)61(54(47)53)41-31-29-36-15-7-8-21-40(36)35-41/h1-35H. The molecule has 0 aliphatic heterocycles. The van der Waals surface area contributed by atoms with E-state index in [2.05, 4.69) is 185 Å². The fourth-order valence-corrected chi connectivity index (χ4v) is 9.78. The Morgan fingerprint density at radius 3 is 1.68 bits per heavy atom. The highest BCUT2D eigenvalue weighted by molar-refractivity contribution is 6.30. The van der Waals surface area contributed by atoms with Gasteiger partial charge in [0.15, 0.2) is 17.5 Å². The van der Waals surface area contributed by atoms with Gasteiger partial charge in [0.05, 0.1) is 27.8 Å². The van der Waals surface area contributed by atoms with Gasteiger partial charge in [-0.25, -0.2) is 15.0 Å². The normalized spacial score (nSPS) is 11.9. The first-order chi connectivity index (χ1) is 30.8. The summed E-state index contributed by atoms with van der Waals surface area (Å²) in [6.45, 7) is 0. The van der Waals surface area contributed by atoms with E-state index < -0.39 is 0 Å². The molecule has 13 rings (SSSR count). The van der Waals surface area contributed by atoms with E-state index in [1.807, 2.05) is 36.4 Å². The molecule has 0 spiro atoms. The van der Waals surface area contributed by atoms with Crippen molar-refractivity contribution in [3.63, 3.8) is 0 Å². The third-order valence-corrected chi connectivity index (χ3v) is 12.5. The summed E-state index contributed by atoms with van der Waals surface area (Å²) in [6, 6.07) is 75.8. The van der Waals surface area contributed by atoms with Crippen LogP contribution in [0.2, 0.25) is 0 Å². The maximum atomic E-state index is 5.14. The molecule has 0 bridgehead atoms. The summed E-state index contributed by atoms with van der Waals surface area (Å²) in [7, 11) is 0. The largest absolute Gasteiger partial charge is 0.309 e. The second kappa shape index (κ2) is 13.6. The van der Waals surface area contributed by atoms with Gasteiger partial charge in [-0.15, -0.1) is 0 Å². The molecule has 0 atom stereocenters. The Bertz CT molecular complexity index is 3860. The van der Waals surface area contributed by atoms with E-state index in [-0.39, 0.29) is 0 Å². The second-order valence-corrected chi connectivity index (χ2v) is 16.0. The first-order valence-electron chi connectivity index (χ1n) is 21.0. The Hall–Kier alpha value is -8.41. The zero-order valence-corrected chi connectivity index (χ0v) is 33.4. The van der Waals surface area contributed by atoms with Crippen LogP contribution in [0.15, 0.2) is 212 Å². The molecule has 10 aromatic carbocycles. The highest BCUT2D eigenvalue weighted by atomic mass is 15.0. The van der Waals surface area contributed by atoms with Crippen LogP contribution in [0.4, 0.5) is 0 Å². The summed E-state index contributed by atoms with van der Waals surface area (Å²) < 4.78 is 4.95. The monoisotopic (exact) mass is 789 g/mol.